The molecule has 4 fully saturated rings. The third kappa shape index (κ3) is 2.80. The van der Waals surface area contributed by atoms with Crippen molar-refractivity contribution in [2.75, 3.05) is 13.2 Å². The highest BCUT2D eigenvalue weighted by Gasteiger charge is 2.50. The zero-order valence-electron chi connectivity index (χ0n) is 12.5. The van der Waals surface area contributed by atoms with Gasteiger partial charge in [-0.3, -0.25) is 0 Å². The van der Waals surface area contributed by atoms with Gasteiger partial charge < -0.3 is 15.7 Å². The first kappa shape index (κ1) is 14.2. The molecule has 0 aromatic rings. The van der Waals surface area contributed by atoms with Crippen molar-refractivity contribution in [2.45, 2.75) is 57.9 Å². The van der Waals surface area contributed by atoms with Crippen LogP contribution in [0, 0.1) is 23.2 Å². The summed E-state index contributed by atoms with van der Waals surface area (Å²) in [4.78, 5) is 11.9. The first-order valence-corrected chi connectivity index (χ1v) is 8.27. The molecule has 1 atom stereocenters. The van der Waals surface area contributed by atoms with E-state index in [9.17, 15) is 4.79 Å². The third-order valence-electron chi connectivity index (χ3n) is 5.84. The molecule has 0 spiro atoms. The van der Waals surface area contributed by atoms with E-state index in [-0.39, 0.29) is 18.7 Å². The summed E-state index contributed by atoms with van der Waals surface area (Å²) in [6, 6.07) is -0.229. The summed E-state index contributed by atoms with van der Waals surface area (Å²) >= 11 is 0. The van der Waals surface area contributed by atoms with Crippen molar-refractivity contribution in [3.63, 3.8) is 0 Å². The molecule has 1 unspecified atom stereocenters. The molecule has 0 heterocycles. The van der Waals surface area contributed by atoms with Gasteiger partial charge in [-0.25, -0.2) is 4.79 Å². The number of urea groups is 1. The van der Waals surface area contributed by atoms with Gasteiger partial charge in [-0.15, -0.1) is 0 Å². The highest BCUT2D eigenvalue weighted by Crippen LogP contribution is 2.59. The van der Waals surface area contributed by atoms with Crippen LogP contribution in [0.15, 0.2) is 0 Å². The van der Waals surface area contributed by atoms with Gasteiger partial charge in [0.15, 0.2) is 0 Å². The minimum absolute atomic E-state index is 0.0152. The summed E-state index contributed by atoms with van der Waals surface area (Å²) in [6.45, 7) is 2.81. The van der Waals surface area contributed by atoms with Gasteiger partial charge in [-0.1, -0.05) is 6.92 Å². The van der Waals surface area contributed by atoms with Gasteiger partial charge in [-0.2, -0.15) is 0 Å². The monoisotopic (exact) mass is 280 g/mol. The van der Waals surface area contributed by atoms with Crippen LogP contribution >= 0.6 is 0 Å². The van der Waals surface area contributed by atoms with E-state index >= 15 is 0 Å². The van der Waals surface area contributed by atoms with E-state index in [4.69, 9.17) is 5.11 Å². The smallest absolute Gasteiger partial charge is 0.315 e. The minimum Gasteiger partial charge on any atom is -0.394 e. The van der Waals surface area contributed by atoms with Gasteiger partial charge in [0, 0.05) is 6.54 Å². The molecule has 20 heavy (non-hydrogen) atoms. The Hall–Kier alpha value is -0.770. The maximum atomic E-state index is 11.9. The van der Waals surface area contributed by atoms with Crippen LogP contribution in [0.25, 0.3) is 0 Å². The van der Waals surface area contributed by atoms with Crippen molar-refractivity contribution in [1.82, 2.24) is 10.6 Å². The maximum Gasteiger partial charge on any atom is 0.315 e. The molecule has 4 bridgehead atoms. The molecule has 2 amide bonds. The molecule has 0 aromatic heterocycles. The zero-order valence-corrected chi connectivity index (χ0v) is 12.5. The Morgan fingerprint density at radius 2 is 1.75 bits per heavy atom. The molecule has 3 N–H and O–H groups in total. The lowest BCUT2D eigenvalue weighted by molar-refractivity contribution is -0.0498. The van der Waals surface area contributed by atoms with Gasteiger partial charge in [0.1, 0.15) is 0 Å². The van der Waals surface area contributed by atoms with E-state index in [0.29, 0.717) is 5.41 Å². The number of rotatable bonds is 5. The lowest BCUT2D eigenvalue weighted by Gasteiger charge is -2.56. The summed E-state index contributed by atoms with van der Waals surface area (Å²) in [6.07, 6.45) is 9.03. The van der Waals surface area contributed by atoms with E-state index in [1.54, 1.807) is 0 Å². The van der Waals surface area contributed by atoms with Crippen LogP contribution in [0.2, 0.25) is 0 Å². The van der Waals surface area contributed by atoms with Gasteiger partial charge in [0.05, 0.1) is 12.6 Å². The van der Waals surface area contributed by atoms with E-state index in [1.807, 2.05) is 6.92 Å². The Labute approximate surface area is 121 Å². The summed E-state index contributed by atoms with van der Waals surface area (Å²) in [7, 11) is 0. The fraction of sp³-hybridized carbons (Fsp3) is 0.938. The Balaban J connectivity index is 1.52. The topological polar surface area (TPSA) is 61.4 Å². The second-order valence-corrected chi connectivity index (χ2v) is 7.53. The Morgan fingerprint density at radius 3 is 2.20 bits per heavy atom. The molecule has 4 heteroatoms. The number of carbonyl (C=O) groups is 1. The van der Waals surface area contributed by atoms with Crippen LogP contribution in [0.5, 0.6) is 0 Å². The highest BCUT2D eigenvalue weighted by atomic mass is 16.3. The first-order valence-electron chi connectivity index (χ1n) is 8.27. The number of hydrogen-bond acceptors (Lipinski definition) is 2. The fourth-order valence-corrected chi connectivity index (χ4v) is 5.29. The van der Waals surface area contributed by atoms with E-state index < -0.39 is 0 Å². The molecule has 4 nitrogen and oxygen atoms in total. The molecule has 114 valence electrons. The van der Waals surface area contributed by atoms with Crippen molar-refractivity contribution in [3.05, 3.63) is 0 Å². The molecular weight excluding hydrogens is 252 g/mol. The summed E-state index contributed by atoms with van der Waals surface area (Å²) < 4.78 is 0. The number of aliphatic hydroxyl groups is 1. The number of hydrogen-bond donors (Lipinski definition) is 3. The fourth-order valence-electron chi connectivity index (χ4n) is 5.29. The summed E-state index contributed by atoms with van der Waals surface area (Å²) in [5, 5.41) is 15.1. The quantitative estimate of drug-likeness (QED) is 0.723. The van der Waals surface area contributed by atoms with E-state index in [0.717, 1.165) is 30.7 Å². The molecule has 4 aliphatic rings. The predicted octanol–water partition coefficient (Wildman–Crippen LogP) is 2.27. The SMILES string of the molecule is CCC(CO)NC(=O)NCC12CC3CC(CC(C3)C1)C2. The third-order valence-corrected chi connectivity index (χ3v) is 5.84. The average molecular weight is 280 g/mol. The van der Waals surface area contributed by atoms with E-state index in [1.165, 1.54) is 38.5 Å². The van der Waals surface area contributed by atoms with Gasteiger partial charge >= 0.3 is 6.03 Å². The Bertz CT molecular complexity index is 330. The first-order chi connectivity index (χ1) is 9.62. The van der Waals surface area contributed by atoms with Gasteiger partial charge in [0.2, 0.25) is 0 Å². The lowest BCUT2D eigenvalue weighted by atomic mass is 9.49. The van der Waals surface area contributed by atoms with Crippen LogP contribution < -0.4 is 10.6 Å². The molecule has 4 saturated carbocycles. The normalized spacial score (nSPS) is 39.6. The number of amides is 2. The molecule has 4 rings (SSSR count). The Kier molecular flexibility index (Phi) is 3.93. The molecule has 0 radical (unpaired) electrons. The van der Waals surface area contributed by atoms with Crippen LogP contribution in [0.4, 0.5) is 4.79 Å². The van der Waals surface area contributed by atoms with Crippen molar-refractivity contribution < 1.29 is 9.90 Å². The highest BCUT2D eigenvalue weighted by molar-refractivity contribution is 5.74. The lowest BCUT2D eigenvalue weighted by Crippen LogP contribution is -2.53. The second kappa shape index (κ2) is 5.55. The van der Waals surface area contributed by atoms with Gasteiger partial charge in [0.25, 0.3) is 0 Å². The largest absolute Gasteiger partial charge is 0.394 e. The molecule has 4 aliphatic carbocycles. The molecule has 0 aromatic carbocycles. The number of carbonyl (C=O) groups excluding carboxylic acids is 1. The molecule has 0 saturated heterocycles. The number of nitrogens with one attached hydrogen (secondary N) is 2. The molecular formula is C16H28N2O2. The number of aliphatic hydroxyl groups excluding tert-OH is 1. The Morgan fingerprint density at radius 1 is 1.20 bits per heavy atom. The summed E-state index contributed by atoms with van der Waals surface area (Å²) in [5.74, 6) is 2.77. The van der Waals surface area contributed by atoms with Crippen LogP contribution in [-0.2, 0) is 0 Å². The van der Waals surface area contributed by atoms with Crippen molar-refractivity contribution in [2.24, 2.45) is 23.2 Å². The predicted molar refractivity (Wildman–Crippen MR) is 78.3 cm³/mol. The second-order valence-electron chi connectivity index (χ2n) is 7.53. The van der Waals surface area contributed by atoms with Crippen LogP contribution in [-0.4, -0.2) is 30.3 Å². The van der Waals surface area contributed by atoms with Crippen molar-refractivity contribution >= 4 is 6.03 Å². The average Bonchev–Trinajstić information content (AvgIpc) is 2.41. The van der Waals surface area contributed by atoms with E-state index in [2.05, 4.69) is 10.6 Å². The van der Waals surface area contributed by atoms with Crippen molar-refractivity contribution in [1.29, 1.82) is 0 Å². The van der Waals surface area contributed by atoms with Crippen LogP contribution in [0.3, 0.4) is 0 Å². The maximum absolute atomic E-state index is 11.9. The standard InChI is InChI=1S/C16H28N2O2/c1-2-14(9-19)18-15(20)17-10-16-6-11-3-12(7-16)5-13(4-11)8-16/h11-14,19H,2-10H2,1H3,(H2,17,18,20). The zero-order chi connectivity index (χ0) is 14.2. The van der Waals surface area contributed by atoms with Crippen LogP contribution in [0.1, 0.15) is 51.9 Å². The summed E-state index contributed by atoms with van der Waals surface area (Å²) in [5.41, 5.74) is 0.382. The van der Waals surface area contributed by atoms with Gasteiger partial charge in [-0.05, 0) is 68.1 Å². The minimum atomic E-state index is -0.119. The molecule has 0 aliphatic heterocycles. The van der Waals surface area contributed by atoms with Crippen molar-refractivity contribution in [3.8, 4) is 0 Å².